The molecular formula is C18H17ClN4O2. The summed E-state index contributed by atoms with van der Waals surface area (Å²) in [5, 5.41) is 24.4. The van der Waals surface area contributed by atoms with E-state index in [9.17, 15) is 5.11 Å². The Bertz CT molecular complexity index is 913. The third-order valence-electron chi connectivity index (χ3n) is 4.38. The molecule has 4 rings (SSSR count). The van der Waals surface area contributed by atoms with Gasteiger partial charge in [-0.1, -0.05) is 11.6 Å². The lowest BCUT2D eigenvalue weighted by Crippen LogP contribution is -2.15. The molecule has 0 bridgehead atoms. The van der Waals surface area contributed by atoms with E-state index in [1.54, 1.807) is 24.5 Å². The average Bonchev–Trinajstić information content (AvgIpc) is 3.14. The minimum Gasteiger partial charge on any atom is -0.507 e. The van der Waals surface area contributed by atoms with Crippen LogP contribution in [0.15, 0.2) is 36.7 Å². The van der Waals surface area contributed by atoms with Gasteiger partial charge in [-0.2, -0.15) is 0 Å². The molecule has 2 N–H and O–H groups in total. The Balaban J connectivity index is 1.73. The van der Waals surface area contributed by atoms with Gasteiger partial charge in [0.15, 0.2) is 5.82 Å². The lowest BCUT2D eigenvalue weighted by atomic mass is 10.0. The van der Waals surface area contributed by atoms with Crippen molar-refractivity contribution in [3.8, 4) is 17.0 Å². The third-order valence-corrected chi connectivity index (χ3v) is 4.61. The predicted molar refractivity (Wildman–Crippen MR) is 96.9 cm³/mol. The number of pyridine rings is 1. The number of phenolic OH excluding ortho intramolecular Hbond substituents is 1. The summed E-state index contributed by atoms with van der Waals surface area (Å²) in [4.78, 5) is 4.21. The molecule has 3 heterocycles. The summed E-state index contributed by atoms with van der Waals surface area (Å²) in [5.74, 6) is 1.24. The molecule has 1 fully saturated rings. The number of hydrogen-bond donors (Lipinski definition) is 2. The standard InChI is InChI=1S/C18H17ClN4O2/c19-12-1-2-14(16(24)7-12)17-13-3-5-20-9-15(13)18(23-22-17)21-8-11-4-6-25-10-11/h1-3,5,7,9,11,24H,4,6,8,10H2,(H,21,23)/t11-/m0/s1. The Morgan fingerprint density at radius 2 is 2.16 bits per heavy atom. The molecule has 128 valence electrons. The van der Waals surface area contributed by atoms with Gasteiger partial charge in [-0.05, 0) is 30.7 Å². The Labute approximate surface area is 149 Å². The lowest BCUT2D eigenvalue weighted by molar-refractivity contribution is 0.187. The second-order valence-electron chi connectivity index (χ2n) is 6.09. The molecule has 0 saturated carbocycles. The highest BCUT2D eigenvalue weighted by Crippen LogP contribution is 2.35. The fourth-order valence-electron chi connectivity index (χ4n) is 3.02. The number of nitrogens with one attached hydrogen (secondary N) is 1. The van der Waals surface area contributed by atoms with Crippen LogP contribution in [0.5, 0.6) is 5.75 Å². The van der Waals surface area contributed by atoms with E-state index in [1.165, 1.54) is 6.07 Å². The summed E-state index contributed by atoms with van der Waals surface area (Å²) in [6.07, 6.45) is 4.51. The molecule has 0 amide bonds. The molecule has 0 spiro atoms. The van der Waals surface area contributed by atoms with Crippen LogP contribution in [0.2, 0.25) is 5.02 Å². The van der Waals surface area contributed by atoms with Gasteiger partial charge < -0.3 is 15.2 Å². The van der Waals surface area contributed by atoms with E-state index in [0.29, 0.717) is 28.0 Å². The van der Waals surface area contributed by atoms with Crippen LogP contribution in [0.3, 0.4) is 0 Å². The van der Waals surface area contributed by atoms with E-state index in [-0.39, 0.29) is 5.75 Å². The predicted octanol–water partition coefficient (Wildman–Crippen LogP) is 3.50. The van der Waals surface area contributed by atoms with Crippen LogP contribution in [0.4, 0.5) is 5.82 Å². The monoisotopic (exact) mass is 356 g/mol. The lowest BCUT2D eigenvalue weighted by Gasteiger charge is -2.13. The summed E-state index contributed by atoms with van der Waals surface area (Å²) in [6.45, 7) is 2.37. The number of anilines is 1. The molecule has 0 aliphatic carbocycles. The number of hydrogen-bond acceptors (Lipinski definition) is 6. The van der Waals surface area contributed by atoms with Crippen LogP contribution in [0, 0.1) is 5.92 Å². The maximum atomic E-state index is 10.2. The highest BCUT2D eigenvalue weighted by Gasteiger charge is 2.18. The number of fused-ring (bicyclic) bond motifs is 1. The zero-order valence-electron chi connectivity index (χ0n) is 13.4. The molecule has 0 radical (unpaired) electrons. The van der Waals surface area contributed by atoms with Crippen molar-refractivity contribution in [1.82, 2.24) is 15.2 Å². The first-order valence-electron chi connectivity index (χ1n) is 8.13. The molecule has 7 heteroatoms. The van der Waals surface area contributed by atoms with Crippen molar-refractivity contribution < 1.29 is 9.84 Å². The largest absolute Gasteiger partial charge is 0.507 e. The zero-order chi connectivity index (χ0) is 17.2. The number of halogens is 1. The highest BCUT2D eigenvalue weighted by molar-refractivity contribution is 6.30. The molecule has 1 aromatic carbocycles. The summed E-state index contributed by atoms with van der Waals surface area (Å²) in [6, 6.07) is 6.83. The molecule has 3 aromatic rings. The van der Waals surface area contributed by atoms with Gasteiger partial charge in [0.05, 0.1) is 6.61 Å². The number of benzene rings is 1. The first-order valence-corrected chi connectivity index (χ1v) is 8.51. The molecule has 6 nitrogen and oxygen atoms in total. The molecular weight excluding hydrogens is 340 g/mol. The highest BCUT2D eigenvalue weighted by atomic mass is 35.5. The van der Waals surface area contributed by atoms with Gasteiger partial charge in [-0.15, -0.1) is 10.2 Å². The normalized spacial score (nSPS) is 17.1. The van der Waals surface area contributed by atoms with Crippen LogP contribution < -0.4 is 5.32 Å². The SMILES string of the molecule is Oc1cc(Cl)ccc1-c1nnc(NC[C@@H]2CCOC2)c2cnccc12. The van der Waals surface area contributed by atoms with Crippen molar-refractivity contribution in [3.05, 3.63) is 41.7 Å². The molecule has 1 aliphatic rings. The van der Waals surface area contributed by atoms with E-state index >= 15 is 0 Å². The third kappa shape index (κ3) is 3.23. The summed E-state index contributed by atoms with van der Waals surface area (Å²) < 4.78 is 5.41. The van der Waals surface area contributed by atoms with Crippen LogP contribution in [0.1, 0.15) is 6.42 Å². The first-order chi connectivity index (χ1) is 12.2. The topological polar surface area (TPSA) is 80.2 Å². The minimum absolute atomic E-state index is 0.0729. The van der Waals surface area contributed by atoms with E-state index in [2.05, 4.69) is 20.5 Å². The second-order valence-corrected chi connectivity index (χ2v) is 6.53. The van der Waals surface area contributed by atoms with E-state index in [0.717, 1.165) is 37.0 Å². The van der Waals surface area contributed by atoms with Crippen LogP contribution in [-0.4, -0.2) is 40.0 Å². The fourth-order valence-corrected chi connectivity index (χ4v) is 3.18. The Morgan fingerprint density at radius 1 is 1.24 bits per heavy atom. The van der Waals surface area contributed by atoms with Crippen molar-refractivity contribution in [3.63, 3.8) is 0 Å². The molecule has 0 unspecified atom stereocenters. The first kappa shape index (κ1) is 16.1. The molecule has 25 heavy (non-hydrogen) atoms. The number of aromatic hydroxyl groups is 1. The average molecular weight is 357 g/mol. The van der Waals surface area contributed by atoms with Gasteiger partial charge in [0.25, 0.3) is 0 Å². The Kier molecular flexibility index (Phi) is 4.38. The van der Waals surface area contributed by atoms with Gasteiger partial charge in [0.2, 0.25) is 0 Å². The molecule has 2 aromatic heterocycles. The Hall–Kier alpha value is -2.44. The van der Waals surface area contributed by atoms with Crippen molar-refractivity contribution in [1.29, 1.82) is 0 Å². The Morgan fingerprint density at radius 3 is 2.96 bits per heavy atom. The van der Waals surface area contributed by atoms with Crippen molar-refractivity contribution >= 4 is 28.2 Å². The van der Waals surface area contributed by atoms with Gasteiger partial charge >= 0.3 is 0 Å². The van der Waals surface area contributed by atoms with Crippen LogP contribution in [-0.2, 0) is 4.74 Å². The van der Waals surface area contributed by atoms with Gasteiger partial charge in [-0.25, -0.2) is 0 Å². The van der Waals surface area contributed by atoms with E-state index in [1.807, 2.05) is 6.07 Å². The zero-order valence-corrected chi connectivity index (χ0v) is 14.2. The second kappa shape index (κ2) is 6.82. The fraction of sp³-hybridized carbons (Fsp3) is 0.278. The maximum Gasteiger partial charge on any atom is 0.158 e. The smallest absolute Gasteiger partial charge is 0.158 e. The van der Waals surface area contributed by atoms with Crippen molar-refractivity contribution in [2.75, 3.05) is 25.1 Å². The van der Waals surface area contributed by atoms with Gasteiger partial charge in [-0.3, -0.25) is 4.98 Å². The maximum absolute atomic E-state index is 10.2. The van der Waals surface area contributed by atoms with E-state index in [4.69, 9.17) is 16.3 Å². The minimum atomic E-state index is 0.0729. The quantitative estimate of drug-likeness (QED) is 0.744. The number of phenols is 1. The number of aromatic nitrogens is 3. The summed E-state index contributed by atoms with van der Waals surface area (Å²) in [7, 11) is 0. The molecule has 1 atom stereocenters. The van der Waals surface area contributed by atoms with E-state index < -0.39 is 0 Å². The summed E-state index contributed by atoms with van der Waals surface area (Å²) in [5.41, 5.74) is 1.19. The van der Waals surface area contributed by atoms with Crippen LogP contribution in [0.25, 0.3) is 22.0 Å². The number of nitrogens with zero attached hydrogens (tertiary/aromatic N) is 3. The number of ether oxygens (including phenoxy) is 1. The van der Waals surface area contributed by atoms with Crippen molar-refractivity contribution in [2.45, 2.75) is 6.42 Å². The van der Waals surface area contributed by atoms with Gasteiger partial charge in [0, 0.05) is 52.8 Å². The molecule has 1 aliphatic heterocycles. The summed E-state index contributed by atoms with van der Waals surface area (Å²) >= 11 is 5.93. The molecule has 1 saturated heterocycles. The van der Waals surface area contributed by atoms with Crippen LogP contribution >= 0.6 is 11.6 Å². The van der Waals surface area contributed by atoms with Crippen molar-refractivity contribution in [2.24, 2.45) is 5.92 Å². The number of rotatable bonds is 4. The van der Waals surface area contributed by atoms with Gasteiger partial charge in [0.1, 0.15) is 11.4 Å².